The smallest absolute Gasteiger partial charge is 0.123 e. The molecule has 106 valence electrons. The molecule has 0 heterocycles. The Morgan fingerprint density at radius 2 is 1.95 bits per heavy atom. The number of halogens is 1. The van der Waals surface area contributed by atoms with Crippen LogP contribution in [0.2, 0.25) is 5.02 Å². The molecule has 2 rings (SSSR count). The number of nitrogens with zero attached hydrogens (tertiary/aromatic N) is 1. The lowest BCUT2D eigenvalue weighted by Gasteiger charge is -2.21. The van der Waals surface area contributed by atoms with Gasteiger partial charge in [0.2, 0.25) is 0 Å². The third-order valence-electron chi connectivity index (χ3n) is 3.03. The number of hydrogen-bond donors (Lipinski definition) is 1. The molecule has 2 N–H and O–H groups in total. The van der Waals surface area contributed by atoms with E-state index in [2.05, 4.69) is 4.90 Å². The first kappa shape index (κ1) is 14.5. The second kappa shape index (κ2) is 6.53. The van der Waals surface area contributed by atoms with Crippen molar-refractivity contribution in [3.63, 3.8) is 0 Å². The summed E-state index contributed by atoms with van der Waals surface area (Å²) in [7, 11) is 2.01. The standard InChI is InChI=1S/C16H19ClN2O/c1-3-20-15-9-13(18)8-14(10-15)19(2)11-12-6-4-5-7-16(12)17/h4-10H,3,11,18H2,1-2H3. The summed E-state index contributed by atoms with van der Waals surface area (Å²) in [5.41, 5.74) is 8.70. The van der Waals surface area contributed by atoms with E-state index in [4.69, 9.17) is 22.1 Å². The van der Waals surface area contributed by atoms with Crippen molar-refractivity contribution in [1.29, 1.82) is 0 Å². The molecule has 0 bridgehead atoms. The highest BCUT2D eigenvalue weighted by atomic mass is 35.5. The Balaban J connectivity index is 2.20. The Hall–Kier alpha value is -1.87. The van der Waals surface area contributed by atoms with Gasteiger partial charge in [-0.3, -0.25) is 0 Å². The number of hydrogen-bond acceptors (Lipinski definition) is 3. The van der Waals surface area contributed by atoms with Crippen molar-refractivity contribution in [2.75, 3.05) is 24.3 Å². The predicted octanol–water partition coefficient (Wildman–Crippen LogP) is 3.96. The monoisotopic (exact) mass is 290 g/mol. The Kier molecular flexibility index (Phi) is 4.74. The van der Waals surface area contributed by atoms with Gasteiger partial charge < -0.3 is 15.4 Å². The maximum atomic E-state index is 6.19. The number of nitrogen functional groups attached to an aromatic ring is 1. The molecule has 0 fully saturated rings. The van der Waals surface area contributed by atoms with Crippen LogP contribution < -0.4 is 15.4 Å². The zero-order chi connectivity index (χ0) is 14.5. The molecule has 3 nitrogen and oxygen atoms in total. The van der Waals surface area contributed by atoms with Crippen LogP contribution >= 0.6 is 11.6 Å². The molecule has 0 spiro atoms. The molecule has 2 aromatic rings. The van der Waals surface area contributed by atoms with Gasteiger partial charge in [0.15, 0.2) is 0 Å². The van der Waals surface area contributed by atoms with Gasteiger partial charge in [-0.2, -0.15) is 0 Å². The van der Waals surface area contributed by atoms with Crippen LogP contribution in [0.4, 0.5) is 11.4 Å². The first-order valence-electron chi connectivity index (χ1n) is 6.58. The van der Waals surface area contributed by atoms with Gasteiger partial charge >= 0.3 is 0 Å². The number of ether oxygens (including phenoxy) is 1. The first-order valence-corrected chi connectivity index (χ1v) is 6.96. The normalized spacial score (nSPS) is 10.3. The summed E-state index contributed by atoms with van der Waals surface area (Å²) in [5, 5.41) is 0.772. The van der Waals surface area contributed by atoms with E-state index in [-0.39, 0.29) is 0 Å². The average molecular weight is 291 g/mol. The van der Waals surface area contributed by atoms with E-state index in [1.54, 1.807) is 0 Å². The van der Waals surface area contributed by atoms with Crippen molar-refractivity contribution in [3.8, 4) is 5.75 Å². The van der Waals surface area contributed by atoms with E-state index in [9.17, 15) is 0 Å². The van der Waals surface area contributed by atoms with Crippen LogP contribution in [0.25, 0.3) is 0 Å². The SMILES string of the molecule is CCOc1cc(N)cc(N(C)Cc2ccccc2Cl)c1. The van der Waals surface area contributed by atoms with Gasteiger partial charge in [-0.1, -0.05) is 29.8 Å². The Labute approximate surface area is 124 Å². The second-order valence-corrected chi connectivity index (χ2v) is 5.05. The molecular formula is C16H19ClN2O. The van der Waals surface area contributed by atoms with Crippen molar-refractivity contribution in [2.24, 2.45) is 0 Å². The molecule has 4 heteroatoms. The molecule has 0 aliphatic heterocycles. The van der Waals surface area contributed by atoms with E-state index < -0.39 is 0 Å². The Bertz CT molecular complexity index is 586. The molecule has 0 saturated heterocycles. The molecule has 0 aromatic heterocycles. The van der Waals surface area contributed by atoms with Crippen LogP contribution in [-0.2, 0) is 6.54 Å². The summed E-state index contributed by atoms with van der Waals surface area (Å²) >= 11 is 6.19. The van der Waals surface area contributed by atoms with Crippen molar-refractivity contribution < 1.29 is 4.74 Å². The summed E-state index contributed by atoms with van der Waals surface area (Å²) < 4.78 is 5.52. The van der Waals surface area contributed by atoms with Crippen molar-refractivity contribution in [3.05, 3.63) is 53.1 Å². The summed E-state index contributed by atoms with van der Waals surface area (Å²) in [6.07, 6.45) is 0. The van der Waals surface area contributed by atoms with Gasteiger partial charge in [0.1, 0.15) is 5.75 Å². The fourth-order valence-corrected chi connectivity index (χ4v) is 2.25. The molecule has 0 amide bonds. The number of rotatable bonds is 5. The highest BCUT2D eigenvalue weighted by Crippen LogP contribution is 2.27. The van der Waals surface area contributed by atoms with Gasteiger partial charge in [-0.25, -0.2) is 0 Å². The highest BCUT2D eigenvalue weighted by molar-refractivity contribution is 6.31. The maximum absolute atomic E-state index is 6.19. The molecule has 0 unspecified atom stereocenters. The van der Waals surface area contributed by atoms with Crippen LogP contribution in [0.5, 0.6) is 5.75 Å². The number of nitrogens with two attached hydrogens (primary N) is 1. The second-order valence-electron chi connectivity index (χ2n) is 4.64. The fourth-order valence-electron chi connectivity index (χ4n) is 2.05. The Morgan fingerprint density at radius 3 is 2.65 bits per heavy atom. The molecular weight excluding hydrogens is 272 g/mol. The minimum Gasteiger partial charge on any atom is -0.494 e. The zero-order valence-corrected chi connectivity index (χ0v) is 12.5. The summed E-state index contributed by atoms with van der Waals surface area (Å²) in [5.74, 6) is 0.786. The van der Waals surface area contributed by atoms with E-state index >= 15 is 0 Å². The van der Waals surface area contributed by atoms with Crippen molar-refractivity contribution >= 4 is 23.0 Å². The minimum absolute atomic E-state index is 0.622. The molecule has 0 aliphatic rings. The van der Waals surface area contributed by atoms with Gasteiger partial charge in [0, 0.05) is 42.1 Å². The zero-order valence-electron chi connectivity index (χ0n) is 11.8. The van der Waals surface area contributed by atoms with Crippen LogP contribution in [0.3, 0.4) is 0 Å². The number of benzene rings is 2. The van der Waals surface area contributed by atoms with Gasteiger partial charge in [-0.15, -0.1) is 0 Å². The van der Waals surface area contributed by atoms with Crippen molar-refractivity contribution in [1.82, 2.24) is 0 Å². The summed E-state index contributed by atoms with van der Waals surface area (Å²) in [6.45, 7) is 3.29. The maximum Gasteiger partial charge on any atom is 0.123 e. The molecule has 0 aliphatic carbocycles. The highest BCUT2D eigenvalue weighted by Gasteiger charge is 2.07. The predicted molar refractivity (Wildman–Crippen MR) is 85.6 cm³/mol. The van der Waals surface area contributed by atoms with Crippen LogP contribution in [0, 0.1) is 0 Å². The van der Waals surface area contributed by atoms with Crippen molar-refractivity contribution in [2.45, 2.75) is 13.5 Å². The average Bonchev–Trinajstić information content (AvgIpc) is 2.41. The molecule has 0 saturated carbocycles. The van der Waals surface area contributed by atoms with Crippen LogP contribution in [0.1, 0.15) is 12.5 Å². The van der Waals surface area contributed by atoms with E-state index in [0.717, 1.165) is 22.0 Å². The molecule has 0 radical (unpaired) electrons. The topological polar surface area (TPSA) is 38.5 Å². The van der Waals surface area contributed by atoms with Gasteiger partial charge in [0.05, 0.1) is 6.61 Å². The van der Waals surface area contributed by atoms with Crippen LogP contribution in [0.15, 0.2) is 42.5 Å². The number of anilines is 2. The summed E-state index contributed by atoms with van der Waals surface area (Å²) in [4.78, 5) is 2.10. The summed E-state index contributed by atoms with van der Waals surface area (Å²) in [6, 6.07) is 13.6. The quantitative estimate of drug-likeness (QED) is 0.847. The Morgan fingerprint density at radius 1 is 1.20 bits per heavy atom. The van der Waals surface area contributed by atoms with Gasteiger partial charge in [0.25, 0.3) is 0 Å². The van der Waals surface area contributed by atoms with E-state index in [1.165, 1.54) is 0 Å². The first-order chi connectivity index (χ1) is 9.60. The third kappa shape index (κ3) is 3.58. The largest absolute Gasteiger partial charge is 0.494 e. The van der Waals surface area contributed by atoms with Crippen LogP contribution in [-0.4, -0.2) is 13.7 Å². The molecule has 20 heavy (non-hydrogen) atoms. The molecule has 2 aromatic carbocycles. The molecule has 0 atom stereocenters. The third-order valence-corrected chi connectivity index (χ3v) is 3.40. The van der Waals surface area contributed by atoms with E-state index in [1.807, 2.05) is 56.4 Å². The lowest BCUT2D eigenvalue weighted by Crippen LogP contribution is -2.17. The van der Waals surface area contributed by atoms with Gasteiger partial charge in [-0.05, 0) is 24.6 Å². The minimum atomic E-state index is 0.622. The van der Waals surface area contributed by atoms with E-state index in [0.29, 0.717) is 18.8 Å². The fraction of sp³-hybridized carbons (Fsp3) is 0.250. The lowest BCUT2D eigenvalue weighted by atomic mass is 10.2. The lowest BCUT2D eigenvalue weighted by molar-refractivity contribution is 0.340.